The summed E-state index contributed by atoms with van der Waals surface area (Å²) in [4.78, 5) is 12.2. The van der Waals surface area contributed by atoms with Crippen LogP contribution in [0.4, 0.5) is 16.0 Å². The van der Waals surface area contributed by atoms with E-state index in [2.05, 4.69) is 25.0 Å². The van der Waals surface area contributed by atoms with Crippen LogP contribution in [0.15, 0.2) is 53.7 Å². The highest BCUT2D eigenvalue weighted by Crippen LogP contribution is 2.33. The molecule has 0 radical (unpaired) electrons. The van der Waals surface area contributed by atoms with Gasteiger partial charge in [0, 0.05) is 41.0 Å². The second-order valence-electron chi connectivity index (χ2n) is 6.89. The van der Waals surface area contributed by atoms with Crippen molar-refractivity contribution in [1.82, 2.24) is 15.0 Å². The molecule has 0 amide bonds. The number of benzene rings is 2. The van der Waals surface area contributed by atoms with Crippen LogP contribution in [0.2, 0.25) is 10.0 Å². The van der Waals surface area contributed by atoms with Gasteiger partial charge in [-0.2, -0.15) is 4.98 Å². The molecule has 0 aliphatic carbocycles. The number of anilines is 2. The maximum Gasteiger partial charge on any atom is 0.263 e. The van der Waals surface area contributed by atoms with Gasteiger partial charge in [-0.1, -0.05) is 35.3 Å². The Morgan fingerprint density at radius 3 is 2.64 bits per heavy atom. The average Bonchev–Trinajstić information content (AvgIpc) is 2.80. The van der Waals surface area contributed by atoms with Crippen LogP contribution in [0.5, 0.6) is 0 Å². The molecule has 0 saturated carbocycles. The number of fused-ring (bicyclic) bond motifs is 1. The molecule has 0 aliphatic heterocycles. The minimum atomic E-state index is -4.32. The largest absolute Gasteiger partial charge is 0.392 e. The molecule has 0 saturated heterocycles. The number of nitrogens with zero attached hydrogens (tertiary/aromatic N) is 3. The minimum Gasteiger partial charge on any atom is -0.392 e. The number of hydrogen-bond acceptors (Lipinski definition) is 7. The van der Waals surface area contributed by atoms with E-state index in [1.54, 1.807) is 19.3 Å². The molecule has 8 nitrogen and oxygen atoms in total. The van der Waals surface area contributed by atoms with E-state index in [-0.39, 0.29) is 31.8 Å². The summed E-state index contributed by atoms with van der Waals surface area (Å²) in [5.74, 6) is -0.412. The number of nitrogens with one attached hydrogen (secondary N) is 2. The fourth-order valence-corrected chi connectivity index (χ4v) is 5.14. The summed E-state index contributed by atoms with van der Waals surface area (Å²) in [5.41, 5.74) is 0.784. The number of pyridine rings is 1. The summed E-state index contributed by atoms with van der Waals surface area (Å²) in [7, 11) is -2.64. The SMILES string of the molecule is CNc1ncc2cc(-c3cccc(NS(=O)(=O)c4cc(Cl)cc(CO)c4Cl)c3F)cnc2n1. The molecule has 4 rings (SSSR count). The molecule has 0 unspecified atom stereocenters. The molecule has 3 N–H and O–H groups in total. The predicted octanol–water partition coefficient (Wildman–Crippen LogP) is 4.47. The van der Waals surface area contributed by atoms with Gasteiger partial charge in [0.05, 0.1) is 17.3 Å². The van der Waals surface area contributed by atoms with Crippen LogP contribution in [0.1, 0.15) is 5.56 Å². The standard InChI is InChI=1S/C21H16Cl2FN5O3S/c1-25-21-27-9-12-5-11(8-26-20(12)28-21)15-3-2-4-16(19(15)24)29-33(31,32)17-7-14(22)6-13(10-30)18(17)23/h2-9,29-30H,10H2,1H3,(H,25,26,27,28). The van der Waals surface area contributed by atoms with Crippen LogP contribution in [0.3, 0.4) is 0 Å². The molecule has 33 heavy (non-hydrogen) atoms. The van der Waals surface area contributed by atoms with E-state index in [1.165, 1.54) is 30.5 Å². The molecular formula is C21H16Cl2FN5O3S. The van der Waals surface area contributed by atoms with Gasteiger partial charge in [0.15, 0.2) is 11.5 Å². The summed E-state index contributed by atoms with van der Waals surface area (Å²) in [6, 6.07) is 8.40. The van der Waals surface area contributed by atoms with Crippen LogP contribution in [0, 0.1) is 5.82 Å². The fraction of sp³-hybridized carbons (Fsp3) is 0.0952. The van der Waals surface area contributed by atoms with E-state index in [4.69, 9.17) is 23.2 Å². The van der Waals surface area contributed by atoms with Gasteiger partial charge in [0.2, 0.25) is 5.95 Å². The summed E-state index contributed by atoms with van der Waals surface area (Å²) >= 11 is 12.1. The monoisotopic (exact) mass is 507 g/mol. The van der Waals surface area contributed by atoms with Crippen molar-refractivity contribution in [3.8, 4) is 11.1 Å². The van der Waals surface area contributed by atoms with Gasteiger partial charge >= 0.3 is 0 Å². The van der Waals surface area contributed by atoms with Gasteiger partial charge in [0.25, 0.3) is 10.0 Å². The van der Waals surface area contributed by atoms with Crippen molar-refractivity contribution >= 4 is 55.9 Å². The number of aliphatic hydroxyl groups is 1. The molecule has 2 heterocycles. The average molecular weight is 508 g/mol. The molecular weight excluding hydrogens is 492 g/mol. The lowest BCUT2D eigenvalue weighted by Crippen LogP contribution is -2.15. The third-order valence-corrected chi connectivity index (χ3v) is 6.92. The highest BCUT2D eigenvalue weighted by molar-refractivity contribution is 7.92. The van der Waals surface area contributed by atoms with Gasteiger partial charge in [-0.05, 0) is 29.8 Å². The molecule has 0 bridgehead atoms. The Kier molecular flexibility index (Phi) is 6.35. The van der Waals surface area contributed by atoms with Crippen molar-refractivity contribution in [2.45, 2.75) is 11.5 Å². The highest BCUT2D eigenvalue weighted by Gasteiger charge is 2.23. The van der Waals surface area contributed by atoms with Crippen LogP contribution in [-0.2, 0) is 16.6 Å². The molecule has 0 aliphatic rings. The first-order valence-corrected chi connectivity index (χ1v) is 11.7. The molecule has 0 fully saturated rings. The first-order chi connectivity index (χ1) is 15.7. The Labute approximate surface area is 198 Å². The number of aliphatic hydroxyl groups excluding tert-OH is 1. The lowest BCUT2D eigenvalue weighted by atomic mass is 10.1. The van der Waals surface area contributed by atoms with Gasteiger partial charge in [-0.25, -0.2) is 22.8 Å². The van der Waals surface area contributed by atoms with Crippen molar-refractivity contribution in [3.63, 3.8) is 0 Å². The van der Waals surface area contributed by atoms with Crippen molar-refractivity contribution in [3.05, 3.63) is 70.2 Å². The molecule has 4 aromatic rings. The topological polar surface area (TPSA) is 117 Å². The zero-order valence-corrected chi connectivity index (χ0v) is 19.3. The molecule has 2 aromatic heterocycles. The predicted molar refractivity (Wildman–Crippen MR) is 125 cm³/mol. The van der Waals surface area contributed by atoms with E-state index in [1.807, 2.05) is 0 Å². The summed E-state index contributed by atoms with van der Waals surface area (Å²) in [6.07, 6.45) is 2.99. The van der Waals surface area contributed by atoms with Crippen molar-refractivity contribution < 1.29 is 17.9 Å². The van der Waals surface area contributed by atoms with Gasteiger partial charge < -0.3 is 10.4 Å². The second-order valence-corrected chi connectivity index (χ2v) is 9.35. The van der Waals surface area contributed by atoms with Gasteiger partial charge in [-0.3, -0.25) is 4.72 Å². The number of halogens is 3. The first-order valence-electron chi connectivity index (χ1n) is 9.44. The zero-order chi connectivity index (χ0) is 23.8. The molecule has 12 heteroatoms. The fourth-order valence-electron chi connectivity index (χ4n) is 3.15. The first kappa shape index (κ1) is 23.1. The maximum absolute atomic E-state index is 15.4. The van der Waals surface area contributed by atoms with Crippen LogP contribution < -0.4 is 10.0 Å². The van der Waals surface area contributed by atoms with Crippen LogP contribution in [-0.4, -0.2) is 35.5 Å². The third-order valence-electron chi connectivity index (χ3n) is 4.75. The summed E-state index contributed by atoms with van der Waals surface area (Å²) in [5, 5.41) is 12.6. The Bertz CT molecular complexity index is 1480. The van der Waals surface area contributed by atoms with Crippen LogP contribution in [0.25, 0.3) is 22.2 Å². The summed E-state index contributed by atoms with van der Waals surface area (Å²) in [6.45, 7) is -0.514. The number of sulfonamides is 1. The second kappa shape index (κ2) is 9.06. The van der Waals surface area contributed by atoms with Crippen molar-refractivity contribution in [1.29, 1.82) is 0 Å². The number of hydrogen-bond donors (Lipinski definition) is 3. The molecule has 0 spiro atoms. The lowest BCUT2D eigenvalue weighted by molar-refractivity contribution is 0.281. The molecule has 170 valence electrons. The maximum atomic E-state index is 15.4. The number of aromatic nitrogens is 3. The smallest absolute Gasteiger partial charge is 0.263 e. The normalized spacial score (nSPS) is 11.5. The van der Waals surface area contributed by atoms with Crippen LogP contribution >= 0.6 is 23.2 Å². The number of rotatable bonds is 6. The van der Waals surface area contributed by atoms with Gasteiger partial charge in [-0.15, -0.1) is 0 Å². The Morgan fingerprint density at radius 2 is 1.91 bits per heavy atom. The lowest BCUT2D eigenvalue weighted by Gasteiger charge is -2.14. The van der Waals surface area contributed by atoms with E-state index in [0.717, 1.165) is 6.07 Å². The minimum absolute atomic E-state index is 0.0592. The Hall–Kier alpha value is -3.05. The van der Waals surface area contributed by atoms with E-state index < -0.39 is 22.4 Å². The Morgan fingerprint density at radius 1 is 1.12 bits per heavy atom. The zero-order valence-electron chi connectivity index (χ0n) is 17.0. The van der Waals surface area contributed by atoms with Gasteiger partial charge in [0.1, 0.15) is 4.90 Å². The van der Waals surface area contributed by atoms with Crippen molar-refractivity contribution in [2.75, 3.05) is 17.1 Å². The molecule has 2 aromatic carbocycles. The van der Waals surface area contributed by atoms with E-state index in [9.17, 15) is 13.5 Å². The quantitative estimate of drug-likeness (QED) is 0.352. The third kappa shape index (κ3) is 4.55. The van der Waals surface area contributed by atoms with Crippen molar-refractivity contribution in [2.24, 2.45) is 0 Å². The van der Waals surface area contributed by atoms with E-state index >= 15 is 4.39 Å². The Balaban J connectivity index is 1.74. The molecule has 0 atom stereocenters. The summed E-state index contributed by atoms with van der Waals surface area (Å²) < 4.78 is 43.4. The van der Waals surface area contributed by atoms with E-state index in [0.29, 0.717) is 22.5 Å². The highest BCUT2D eigenvalue weighted by atomic mass is 35.5.